The summed E-state index contributed by atoms with van der Waals surface area (Å²) in [5.74, 6) is 0.758. The number of rotatable bonds is 7. The summed E-state index contributed by atoms with van der Waals surface area (Å²) in [6, 6.07) is 26.7. The minimum atomic E-state index is -0.317. The Morgan fingerprint density at radius 1 is 0.912 bits per heavy atom. The van der Waals surface area contributed by atoms with Gasteiger partial charge in [0.2, 0.25) is 5.13 Å². The van der Waals surface area contributed by atoms with Gasteiger partial charge in [0, 0.05) is 16.5 Å². The topological polar surface area (TPSA) is 84.6 Å². The highest BCUT2D eigenvalue weighted by Gasteiger charge is 2.19. The molecule has 34 heavy (non-hydrogen) atoms. The smallest absolute Gasteiger partial charge is 0.301 e. The number of aromatic nitrogens is 3. The number of ether oxygens (including phenoxy) is 1. The molecule has 2 aromatic heterocycles. The minimum absolute atomic E-state index is 0.219. The van der Waals surface area contributed by atoms with Crippen molar-refractivity contribution in [3.63, 3.8) is 0 Å². The van der Waals surface area contributed by atoms with Gasteiger partial charge in [-0.25, -0.2) is 4.98 Å². The van der Waals surface area contributed by atoms with E-state index in [2.05, 4.69) is 20.3 Å². The molecule has 0 amide bonds. The van der Waals surface area contributed by atoms with E-state index in [1.165, 1.54) is 16.0 Å². The monoisotopic (exact) mass is 467 g/mol. The maximum Gasteiger partial charge on any atom is 0.301 e. The third kappa shape index (κ3) is 4.44. The normalized spacial score (nSPS) is 11.2. The van der Waals surface area contributed by atoms with E-state index in [1.54, 1.807) is 12.1 Å². The van der Waals surface area contributed by atoms with Crippen molar-refractivity contribution in [2.24, 2.45) is 10.2 Å². The Morgan fingerprint density at radius 2 is 1.59 bits per heavy atom. The molecule has 0 aliphatic carbocycles. The second kappa shape index (κ2) is 9.68. The second-order valence-electron chi connectivity index (χ2n) is 7.35. The van der Waals surface area contributed by atoms with Crippen molar-refractivity contribution in [1.29, 1.82) is 0 Å². The summed E-state index contributed by atoms with van der Waals surface area (Å²) in [6.45, 7) is 2.52. The Balaban J connectivity index is 1.55. The predicted molar refractivity (Wildman–Crippen MR) is 135 cm³/mol. The minimum Gasteiger partial charge on any atom is -0.494 e. The van der Waals surface area contributed by atoms with Gasteiger partial charge in [0.05, 0.1) is 23.7 Å². The summed E-state index contributed by atoms with van der Waals surface area (Å²) in [5.41, 5.74) is 3.73. The second-order valence-corrected chi connectivity index (χ2v) is 8.19. The maximum absolute atomic E-state index is 13.4. The van der Waals surface area contributed by atoms with Crippen LogP contribution in [0.4, 0.5) is 11.4 Å². The van der Waals surface area contributed by atoms with Crippen LogP contribution in [0.2, 0.25) is 0 Å². The zero-order valence-electron chi connectivity index (χ0n) is 18.4. The van der Waals surface area contributed by atoms with Gasteiger partial charge >= 0.3 is 5.56 Å². The zero-order valence-corrected chi connectivity index (χ0v) is 19.2. The molecular formula is C26H21N5O2S. The van der Waals surface area contributed by atoms with Gasteiger partial charge in [-0.3, -0.25) is 9.89 Å². The van der Waals surface area contributed by atoms with Crippen molar-refractivity contribution in [3.05, 3.63) is 101 Å². The third-order valence-electron chi connectivity index (χ3n) is 5.09. The molecule has 0 aliphatic heterocycles. The molecule has 1 N–H and O–H groups in total. The number of nitrogens with zero attached hydrogens (tertiary/aromatic N) is 4. The van der Waals surface area contributed by atoms with Gasteiger partial charge < -0.3 is 4.74 Å². The lowest BCUT2D eigenvalue weighted by Crippen LogP contribution is -2.13. The van der Waals surface area contributed by atoms with Crippen LogP contribution in [0.5, 0.6) is 5.75 Å². The maximum atomic E-state index is 13.4. The summed E-state index contributed by atoms with van der Waals surface area (Å²) >= 11 is 1.38. The Labute approximate surface area is 200 Å². The van der Waals surface area contributed by atoms with Crippen molar-refractivity contribution in [2.45, 2.75) is 6.92 Å². The molecule has 0 unspecified atom stereocenters. The number of aromatic amines is 1. The number of nitrogens with one attached hydrogen (secondary N) is 1. The molecular weight excluding hydrogens is 446 g/mol. The molecule has 0 saturated heterocycles. The molecule has 8 heteroatoms. The molecule has 0 fully saturated rings. The summed E-state index contributed by atoms with van der Waals surface area (Å²) in [7, 11) is 0. The van der Waals surface area contributed by atoms with Gasteiger partial charge in [0.1, 0.15) is 5.75 Å². The SMILES string of the molecule is CCOc1ccc(N=Nc2c(-c3ccccc3)[nH]n(-c3nc(-c4ccccc4)cs3)c2=O)cc1. The number of hydrogen-bond acceptors (Lipinski definition) is 6. The first-order valence-electron chi connectivity index (χ1n) is 10.8. The molecule has 168 valence electrons. The zero-order chi connectivity index (χ0) is 23.3. The van der Waals surface area contributed by atoms with Crippen LogP contribution in [0.15, 0.2) is 105 Å². The molecule has 0 atom stereocenters. The molecule has 3 aromatic carbocycles. The van der Waals surface area contributed by atoms with Crippen LogP contribution in [-0.4, -0.2) is 21.4 Å². The van der Waals surface area contributed by atoms with E-state index in [4.69, 9.17) is 4.74 Å². The van der Waals surface area contributed by atoms with Crippen LogP contribution in [0.3, 0.4) is 0 Å². The van der Waals surface area contributed by atoms with Crippen LogP contribution >= 0.6 is 11.3 Å². The number of benzene rings is 3. The van der Waals surface area contributed by atoms with E-state index in [-0.39, 0.29) is 11.2 Å². The first-order valence-corrected chi connectivity index (χ1v) is 11.7. The fraction of sp³-hybridized carbons (Fsp3) is 0.0769. The highest BCUT2D eigenvalue weighted by atomic mass is 32.1. The summed E-state index contributed by atoms with van der Waals surface area (Å²) < 4.78 is 6.89. The average molecular weight is 468 g/mol. The third-order valence-corrected chi connectivity index (χ3v) is 5.92. The molecule has 7 nitrogen and oxygen atoms in total. The van der Waals surface area contributed by atoms with Crippen LogP contribution in [0.1, 0.15) is 6.92 Å². The van der Waals surface area contributed by atoms with Crippen LogP contribution in [-0.2, 0) is 0 Å². The Bertz CT molecular complexity index is 1470. The van der Waals surface area contributed by atoms with Gasteiger partial charge in [-0.2, -0.15) is 9.80 Å². The van der Waals surface area contributed by atoms with Crippen molar-refractivity contribution >= 4 is 22.7 Å². The molecule has 0 saturated carbocycles. The van der Waals surface area contributed by atoms with E-state index in [9.17, 15) is 4.79 Å². The van der Waals surface area contributed by atoms with Crippen molar-refractivity contribution < 1.29 is 4.74 Å². The van der Waals surface area contributed by atoms with Crippen molar-refractivity contribution in [2.75, 3.05) is 6.61 Å². The molecule has 0 radical (unpaired) electrons. The molecule has 5 aromatic rings. The molecule has 0 spiro atoms. The number of H-pyrrole nitrogens is 1. The summed E-state index contributed by atoms with van der Waals surface area (Å²) in [6.07, 6.45) is 0. The van der Waals surface area contributed by atoms with E-state index in [1.807, 2.05) is 85.1 Å². The number of azo groups is 1. The van der Waals surface area contributed by atoms with Gasteiger partial charge in [0.25, 0.3) is 0 Å². The average Bonchev–Trinajstić information content (AvgIpc) is 3.50. The van der Waals surface area contributed by atoms with Gasteiger partial charge in [-0.1, -0.05) is 60.7 Å². The fourth-order valence-electron chi connectivity index (χ4n) is 3.45. The van der Waals surface area contributed by atoms with Crippen molar-refractivity contribution in [1.82, 2.24) is 14.8 Å². The quantitative estimate of drug-likeness (QED) is 0.268. The molecule has 5 rings (SSSR count). The Morgan fingerprint density at radius 3 is 2.26 bits per heavy atom. The number of thiazole rings is 1. The van der Waals surface area contributed by atoms with Crippen molar-refractivity contribution in [3.8, 4) is 33.4 Å². The van der Waals surface area contributed by atoms with E-state index in [0.29, 0.717) is 23.1 Å². The fourth-order valence-corrected chi connectivity index (χ4v) is 4.24. The highest BCUT2D eigenvalue weighted by Crippen LogP contribution is 2.30. The summed E-state index contributed by atoms with van der Waals surface area (Å²) in [4.78, 5) is 18.1. The first kappa shape index (κ1) is 21.5. The van der Waals surface area contributed by atoms with Gasteiger partial charge in [0.15, 0.2) is 5.69 Å². The largest absolute Gasteiger partial charge is 0.494 e. The summed E-state index contributed by atoms with van der Waals surface area (Å²) in [5, 5.41) is 14.3. The van der Waals surface area contributed by atoms with Crippen LogP contribution in [0.25, 0.3) is 27.6 Å². The Kier molecular flexibility index (Phi) is 6.13. The molecule has 0 bridgehead atoms. The first-order chi connectivity index (χ1) is 16.7. The lowest BCUT2D eigenvalue weighted by molar-refractivity contribution is 0.340. The lowest BCUT2D eigenvalue weighted by atomic mass is 10.1. The van der Waals surface area contributed by atoms with Gasteiger partial charge in [-0.15, -0.1) is 16.5 Å². The number of hydrogen-bond donors (Lipinski definition) is 1. The van der Waals surface area contributed by atoms with Crippen LogP contribution < -0.4 is 10.3 Å². The highest BCUT2D eigenvalue weighted by molar-refractivity contribution is 7.12. The van der Waals surface area contributed by atoms with E-state index in [0.717, 1.165) is 22.6 Å². The molecule has 0 aliphatic rings. The Hall–Kier alpha value is -4.30. The van der Waals surface area contributed by atoms with Gasteiger partial charge in [-0.05, 0) is 31.2 Å². The van der Waals surface area contributed by atoms with Crippen LogP contribution in [0, 0.1) is 0 Å². The lowest BCUT2D eigenvalue weighted by Gasteiger charge is -2.01. The van der Waals surface area contributed by atoms with E-state index >= 15 is 0 Å². The molecule has 2 heterocycles. The predicted octanol–water partition coefficient (Wildman–Crippen LogP) is 6.77. The standard InChI is InChI=1S/C26H21N5O2S/c1-2-33-21-15-13-20(14-16-21)28-29-24-23(19-11-7-4-8-12-19)30-31(25(24)32)26-27-22(17-34-26)18-9-5-3-6-10-18/h3-17,30H,2H2,1H3. The van der Waals surface area contributed by atoms with E-state index < -0.39 is 0 Å².